The van der Waals surface area contributed by atoms with Crippen molar-refractivity contribution in [2.45, 2.75) is 39.8 Å². The van der Waals surface area contributed by atoms with E-state index >= 15 is 0 Å². The van der Waals surface area contributed by atoms with E-state index in [1.807, 2.05) is 12.1 Å². The summed E-state index contributed by atoms with van der Waals surface area (Å²) in [5.41, 5.74) is 3.25. The maximum atomic E-state index is 5.60. The lowest BCUT2D eigenvalue weighted by atomic mass is 10.0. The molecule has 0 radical (unpaired) electrons. The van der Waals surface area contributed by atoms with Crippen molar-refractivity contribution in [2.75, 3.05) is 32.0 Å². The van der Waals surface area contributed by atoms with E-state index in [9.17, 15) is 0 Å². The minimum Gasteiger partial charge on any atom is -0.382 e. The van der Waals surface area contributed by atoms with Crippen molar-refractivity contribution < 1.29 is 4.52 Å². The van der Waals surface area contributed by atoms with Crippen LogP contribution in [0.25, 0.3) is 11.5 Å². The Morgan fingerprint density at radius 3 is 2.77 bits per heavy atom. The van der Waals surface area contributed by atoms with Crippen molar-refractivity contribution in [3.8, 4) is 11.5 Å². The SMILES string of the molecule is Cc1c(NC(C)C(C)C)cccc1-c1nc(C2CNCCN2C)no1.Cl. The number of hydrogen-bond acceptors (Lipinski definition) is 6. The van der Waals surface area contributed by atoms with Crippen LogP contribution in [0.15, 0.2) is 22.7 Å². The van der Waals surface area contributed by atoms with Gasteiger partial charge in [-0.15, -0.1) is 12.4 Å². The average Bonchev–Trinajstić information content (AvgIpc) is 3.06. The smallest absolute Gasteiger partial charge is 0.258 e. The predicted octanol–water partition coefficient (Wildman–Crippen LogP) is 3.50. The van der Waals surface area contributed by atoms with Crippen molar-refractivity contribution in [3.05, 3.63) is 29.6 Å². The molecular weight excluding hydrogens is 350 g/mol. The van der Waals surface area contributed by atoms with Gasteiger partial charge in [-0.2, -0.15) is 4.98 Å². The van der Waals surface area contributed by atoms with Crippen molar-refractivity contribution >= 4 is 18.1 Å². The molecule has 0 bridgehead atoms. The molecule has 0 spiro atoms. The normalized spacial score (nSPS) is 19.2. The van der Waals surface area contributed by atoms with Gasteiger partial charge in [0.25, 0.3) is 5.89 Å². The summed E-state index contributed by atoms with van der Waals surface area (Å²) < 4.78 is 5.60. The van der Waals surface area contributed by atoms with E-state index in [1.165, 1.54) is 0 Å². The summed E-state index contributed by atoms with van der Waals surface area (Å²) in [6, 6.07) is 6.74. The van der Waals surface area contributed by atoms with E-state index in [2.05, 4.69) is 66.5 Å². The molecule has 1 aliphatic heterocycles. The molecule has 0 amide bonds. The third kappa shape index (κ3) is 4.37. The van der Waals surface area contributed by atoms with Crippen LogP contribution in [0.1, 0.15) is 38.2 Å². The van der Waals surface area contributed by atoms with Gasteiger partial charge in [0.05, 0.1) is 6.04 Å². The lowest BCUT2D eigenvalue weighted by molar-refractivity contribution is 0.190. The first-order valence-electron chi connectivity index (χ1n) is 9.08. The molecule has 6 nitrogen and oxygen atoms in total. The highest BCUT2D eigenvalue weighted by Gasteiger charge is 2.26. The summed E-state index contributed by atoms with van der Waals surface area (Å²) in [5, 5.41) is 11.2. The highest BCUT2D eigenvalue weighted by molar-refractivity contribution is 5.85. The molecule has 2 atom stereocenters. The lowest BCUT2D eigenvalue weighted by Gasteiger charge is -2.30. The number of nitrogens with zero attached hydrogens (tertiary/aromatic N) is 3. The Bertz CT molecular complexity index is 718. The summed E-state index contributed by atoms with van der Waals surface area (Å²) >= 11 is 0. The molecular formula is C19H30ClN5O. The van der Waals surface area contributed by atoms with Crippen LogP contribution < -0.4 is 10.6 Å². The Morgan fingerprint density at radius 1 is 1.31 bits per heavy atom. The zero-order chi connectivity index (χ0) is 18.0. The molecule has 1 fully saturated rings. The van der Waals surface area contributed by atoms with Gasteiger partial charge in [0.1, 0.15) is 0 Å². The molecule has 1 aromatic heterocycles. The molecule has 1 aromatic carbocycles. The zero-order valence-corrected chi connectivity index (χ0v) is 17.1. The van der Waals surface area contributed by atoms with Gasteiger partial charge in [-0.3, -0.25) is 4.90 Å². The van der Waals surface area contributed by atoms with Crippen LogP contribution in [0.2, 0.25) is 0 Å². The van der Waals surface area contributed by atoms with E-state index in [0.717, 1.165) is 42.3 Å². The highest BCUT2D eigenvalue weighted by atomic mass is 35.5. The first-order valence-corrected chi connectivity index (χ1v) is 9.08. The van der Waals surface area contributed by atoms with Gasteiger partial charge in [-0.25, -0.2) is 0 Å². The molecule has 0 aliphatic carbocycles. The minimum atomic E-state index is 0. The number of benzene rings is 1. The summed E-state index contributed by atoms with van der Waals surface area (Å²) in [6.45, 7) is 11.6. The summed E-state index contributed by atoms with van der Waals surface area (Å²) in [6.07, 6.45) is 0. The molecule has 26 heavy (non-hydrogen) atoms. The van der Waals surface area contributed by atoms with Crippen LogP contribution in [0.5, 0.6) is 0 Å². The standard InChI is InChI=1S/C19H29N5O.ClH/c1-12(2)14(4)21-16-8-6-7-15(13(16)3)19-22-18(23-25-19)17-11-20-9-10-24(17)5;/h6-8,12,14,17,20-21H,9-11H2,1-5H3;1H. The van der Waals surface area contributed by atoms with E-state index in [-0.39, 0.29) is 18.4 Å². The topological polar surface area (TPSA) is 66.2 Å². The van der Waals surface area contributed by atoms with Crippen LogP contribution in [0, 0.1) is 12.8 Å². The van der Waals surface area contributed by atoms with E-state index in [0.29, 0.717) is 17.9 Å². The van der Waals surface area contributed by atoms with Gasteiger partial charge < -0.3 is 15.2 Å². The molecule has 7 heteroatoms. The molecule has 1 saturated heterocycles. The monoisotopic (exact) mass is 379 g/mol. The fourth-order valence-electron chi connectivity index (χ4n) is 3.01. The van der Waals surface area contributed by atoms with Crippen molar-refractivity contribution in [2.24, 2.45) is 5.92 Å². The number of hydrogen-bond donors (Lipinski definition) is 2. The molecule has 3 rings (SSSR count). The highest BCUT2D eigenvalue weighted by Crippen LogP contribution is 2.29. The summed E-state index contributed by atoms with van der Waals surface area (Å²) in [5.74, 6) is 1.90. The molecule has 1 aliphatic rings. The van der Waals surface area contributed by atoms with Crippen LogP contribution in [-0.4, -0.2) is 47.8 Å². The van der Waals surface area contributed by atoms with Crippen molar-refractivity contribution in [3.63, 3.8) is 0 Å². The second kappa shape index (κ2) is 8.84. The van der Waals surface area contributed by atoms with Crippen LogP contribution in [-0.2, 0) is 0 Å². The largest absolute Gasteiger partial charge is 0.382 e. The molecule has 2 heterocycles. The second-order valence-electron chi connectivity index (χ2n) is 7.31. The molecule has 2 N–H and O–H groups in total. The number of aromatic nitrogens is 2. The predicted molar refractivity (Wildman–Crippen MR) is 108 cm³/mol. The molecule has 0 saturated carbocycles. The van der Waals surface area contributed by atoms with Gasteiger partial charge in [0.2, 0.25) is 0 Å². The van der Waals surface area contributed by atoms with Gasteiger partial charge in [0.15, 0.2) is 5.82 Å². The minimum absolute atomic E-state index is 0. The lowest BCUT2D eigenvalue weighted by Crippen LogP contribution is -2.44. The average molecular weight is 380 g/mol. The van der Waals surface area contributed by atoms with Gasteiger partial charge in [0, 0.05) is 36.9 Å². The first-order chi connectivity index (χ1) is 12.0. The Kier molecular flexibility index (Phi) is 7.03. The number of nitrogens with one attached hydrogen (secondary N) is 2. The van der Waals surface area contributed by atoms with Gasteiger partial charge in [-0.05, 0) is 44.5 Å². The van der Waals surface area contributed by atoms with E-state index < -0.39 is 0 Å². The van der Waals surface area contributed by atoms with E-state index in [1.54, 1.807) is 0 Å². The third-order valence-corrected chi connectivity index (χ3v) is 5.20. The number of anilines is 1. The third-order valence-electron chi connectivity index (χ3n) is 5.20. The number of likely N-dealkylation sites (N-methyl/N-ethyl adjacent to an activating group) is 1. The maximum absolute atomic E-state index is 5.60. The number of rotatable bonds is 5. The fourth-order valence-corrected chi connectivity index (χ4v) is 3.01. The Labute approximate surface area is 162 Å². The Hall–Kier alpha value is -1.63. The Balaban J connectivity index is 0.00000243. The first kappa shape index (κ1) is 20.7. The van der Waals surface area contributed by atoms with Crippen molar-refractivity contribution in [1.82, 2.24) is 20.4 Å². The maximum Gasteiger partial charge on any atom is 0.258 e. The van der Waals surface area contributed by atoms with Crippen molar-refractivity contribution in [1.29, 1.82) is 0 Å². The molecule has 144 valence electrons. The fraction of sp³-hybridized carbons (Fsp3) is 0.579. The number of halogens is 1. The summed E-state index contributed by atoms with van der Waals surface area (Å²) in [4.78, 5) is 6.95. The van der Waals surface area contributed by atoms with Crippen LogP contribution in [0.3, 0.4) is 0 Å². The Morgan fingerprint density at radius 2 is 2.08 bits per heavy atom. The van der Waals surface area contributed by atoms with Gasteiger partial charge in [-0.1, -0.05) is 25.1 Å². The van der Waals surface area contributed by atoms with E-state index in [4.69, 9.17) is 4.52 Å². The number of piperazine rings is 1. The van der Waals surface area contributed by atoms with Crippen LogP contribution >= 0.6 is 12.4 Å². The van der Waals surface area contributed by atoms with Gasteiger partial charge >= 0.3 is 0 Å². The second-order valence-corrected chi connectivity index (χ2v) is 7.31. The van der Waals surface area contributed by atoms with Crippen LogP contribution in [0.4, 0.5) is 5.69 Å². The molecule has 2 aromatic rings. The summed E-state index contributed by atoms with van der Waals surface area (Å²) in [7, 11) is 2.10. The zero-order valence-electron chi connectivity index (χ0n) is 16.2. The molecule has 2 unspecified atom stereocenters. The quantitative estimate of drug-likeness (QED) is 0.828.